The third kappa shape index (κ3) is 6.02. The molecule has 4 aliphatic rings. The van der Waals surface area contributed by atoms with Crippen molar-refractivity contribution in [2.45, 2.75) is 108 Å². The van der Waals surface area contributed by atoms with E-state index in [1.165, 1.54) is 25.5 Å². The van der Waals surface area contributed by atoms with Crippen LogP contribution in [0.5, 0.6) is 0 Å². The van der Waals surface area contributed by atoms with Gasteiger partial charge in [0, 0.05) is 42.7 Å². The van der Waals surface area contributed by atoms with Crippen molar-refractivity contribution in [3.05, 3.63) is 40.3 Å². The molecule has 3 saturated heterocycles. The fraction of sp³-hybridized carbons (Fsp3) is 0.606. The lowest BCUT2D eigenvalue weighted by Gasteiger charge is -2.38. The highest BCUT2D eigenvalue weighted by atomic mass is 32.1. The summed E-state index contributed by atoms with van der Waals surface area (Å²) in [6, 6.07) is 4.53. The molecule has 1 aromatic carbocycles. The number of ether oxygens (including phenoxy) is 3. The summed E-state index contributed by atoms with van der Waals surface area (Å²) in [6.07, 6.45) is 8.84. The smallest absolute Gasteiger partial charge is 0.337 e. The van der Waals surface area contributed by atoms with Crippen molar-refractivity contribution in [2.24, 2.45) is 0 Å². The zero-order valence-electron chi connectivity index (χ0n) is 25.6. The van der Waals surface area contributed by atoms with E-state index in [0.717, 1.165) is 84.1 Å². The number of rotatable bonds is 7. The van der Waals surface area contributed by atoms with Gasteiger partial charge in [-0.3, -0.25) is 0 Å². The van der Waals surface area contributed by atoms with Crippen LogP contribution >= 0.6 is 11.3 Å². The molecule has 0 spiro atoms. The molecule has 10 heteroatoms. The fourth-order valence-corrected chi connectivity index (χ4v) is 8.61. The molecule has 2 bridgehead atoms. The fourth-order valence-electron chi connectivity index (χ4n) is 6.93. The quantitative estimate of drug-likeness (QED) is 0.162. The van der Waals surface area contributed by atoms with Crippen LogP contribution in [0.4, 0.5) is 5.13 Å². The number of esters is 1. The zero-order valence-corrected chi connectivity index (χ0v) is 27.4. The Morgan fingerprint density at radius 3 is 2.49 bits per heavy atom. The van der Waals surface area contributed by atoms with Crippen LogP contribution in [0, 0.1) is 11.5 Å². The number of piperidine rings is 1. The molecule has 2 atom stereocenters. The monoisotopic (exact) mass is 619 g/mol. The SMILES string of the molecule is COC(=O)c1cc(C#C[Si](C)(C)C)c2nc(N3C4CCC3CC(OCc3c(C5CCOCC5)noc3C3CC3)C4)sc2c1. The maximum atomic E-state index is 12.5. The van der Waals surface area contributed by atoms with E-state index in [9.17, 15) is 4.79 Å². The van der Waals surface area contributed by atoms with Gasteiger partial charge in [0.15, 0.2) is 5.13 Å². The number of carbonyl (C=O) groups is 1. The van der Waals surface area contributed by atoms with Gasteiger partial charge in [0.2, 0.25) is 0 Å². The molecule has 4 fully saturated rings. The zero-order chi connectivity index (χ0) is 29.7. The number of methoxy groups -OCH3 is 1. The van der Waals surface area contributed by atoms with Crippen LogP contribution in [0.25, 0.3) is 10.2 Å². The number of nitrogens with zero attached hydrogens (tertiary/aromatic N) is 3. The Morgan fingerprint density at radius 1 is 1.07 bits per heavy atom. The summed E-state index contributed by atoms with van der Waals surface area (Å²) in [6.45, 7) is 8.84. The molecule has 43 heavy (non-hydrogen) atoms. The molecule has 2 aromatic heterocycles. The number of carbonyl (C=O) groups excluding carboxylic acids is 1. The first-order chi connectivity index (χ1) is 20.8. The molecule has 1 saturated carbocycles. The van der Waals surface area contributed by atoms with Crippen LogP contribution < -0.4 is 4.90 Å². The molecule has 2 unspecified atom stereocenters. The molecule has 0 radical (unpaired) electrons. The average molecular weight is 620 g/mol. The molecular weight excluding hydrogens is 579 g/mol. The van der Waals surface area contributed by atoms with E-state index in [0.29, 0.717) is 36.1 Å². The molecule has 1 aliphatic carbocycles. The topological polar surface area (TPSA) is 86.9 Å². The second-order valence-electron chi connectivity index (χ2n) is 13.6. The van der Waals surface area contributed by atoms with E-state index in [4.69, 9.17) is 23.7 Å². The molecule has 0 N–H and O–H groups in total. The van der Waals surface area contributed by atoms with E-state index < -0.39 is 8.07 Å². The van der Waals surface area contributed by atoms with Crippen LogP contribution in [0.15, 0.2) is 16.7 Å². The first kappa shape index (κ1) is 29.0. The number of thiazole rings is 1. The standard InChI is InChI=1S/C33H41N3O5SSi/c1-38-32(37)23-15-22(11-14-43(2,3)4)30-28(16-23)42-33(34-30)36-24-7-8-25(36)18-26(17-24)40-19-27-29(20-9-12-39-13-10-20)35-41-31(27)21-5-6-21/h15-16,20-21,24-26H,5-10,12-13,17-19H2,1-4H3. The maximum absolute atomic E-state index is 12.5. The number of fused-ring (bicyclic) bond motifs is 3. The van der Waals surface area contributed by atoms with Gasteiger partial charge in [0.25, 0.3) is 0 Å². The molecule has 228 valence electrons. The number of hydrogen-bond acceptors (Lipinski definition) is 9. The van der Waals surface area contributed by atoms with Crippen molar-refractivity contribution >= 4 is 40.7 Å². The predicted molar refractivity (Wildman–Crippen MR) is 170 cm³/mol. The summed E-state index contributed by atoms with van der Waals surface area (Å²) >= 11 is 1.66. The Hall–Kier alpha value is -2.71. The van der Waals surface area contributed by atoms with Crippen molar-refractivity contribution in [3.8, 4) is 11.5 Å². The van der Waals surface area contributed by atoms with Crippen LogP contribution in [0.3, 0.4) is 0 Å². The second kappa shape index (κ2) is 11.7. The molecule has 3 aliphatic heterocycles. The lowest BCUT2D eigenvalue weighted by atomic mass is 9.92. The van der Waals surface area contributed by atoms with Crippen molar-refractivity contribution < 1.29 is 23.5 Å². The van der Waals surface area contributed by atoms with Gasteiger partial charge >= 0.3 is 5.97 Å². The van der Waals surface area contributed by atoms with Crippen molar-refractivity contribution in [1.82, 2.24) is 10.1 Å². The Morgan fingerprint density at radius 2 is 1.81 bits per heavy atom. The Balaban J connectivity index is 1.10. The first-order valence-corrected chi connectivity index (χ1v) is 20.1. The van der Waals surface area contributed by atoms with Gasteiger partial charge in [-0.15, -0.1) is 5.54 Å². The third-order valence-electron chi connectivity index (χ3n) is 9.26. The second-order valence-corrected chi connectivity index (χ2v) is 19.4. The number of benzene rings is 1. The average Bonchev–Trinajstić information content (AvgIpc) is 3.51. The highest BCUT2D eigenvalue weighted by Gasteiger charge is 2.43. The summed E-state index contributed by atoms with van der Waals surface area (Å²) < 4.78 is 24.3. The molecule has 5 heterocycles. The lowest BCUT2D eigenvalue weighted by molar-refractivity contribution is 0.0137. The summed E-state index contributed by atoms with van der Waals surface area (Å²) in [7, 11) is -0.195. The van der Waals surface area contributed by atoms with Gasteiger partial charge in [-0.25, -0.2) is 9.78 Å². The molecule has 7 rings (SSSR count). The largest absolute Gasteiger partial charge is 0.465 e. The van der Waals surface area contributed by atoms with Gasteiger partial charge in [-0.05, 0) is 63.5 Å². The van der Waals surface area contributed by atoms with Gasteiger partial charge < -0.3 is 23.6 Å². The minimum atomic E-state index is -1.62. The Kier molecular flexibility index (Phi) is 7.87. The van der Waals surface area contributed by atoms with Crippen molar-refractivity contribution in [1.29, 1.82) is 0 Å². The van der Waals surface area contributed by atoms with E-state index in [1.807, 2.05) is 12.1 Å². The van der Waals surface area contributed by atoms with Crippen molar-refractivity contribution in [3.63, 3.8) is 0 Å². The van der Waals surface area contributed by atoms with Crippen LogP contribution in [-0.2, 0) is 20.8 Å². The Bertz CT molecular complexity index is 1560. The van der Waals surface area contributed by atoms with Gasteiger partial charge in [0.05, 0.1) is 46.9 Å². The lowest BCUT2D eigenvalue weighted by Crippen LogP contribution is -2.45. The van der Waals surface area contributed by atoms with Crippen LogP contribution in [0.1, 0.15) is 96.1 Å². The minimum Gasteiger partial charge on any atom is -0.465 e. The number of aromatic nitrogens is 2. The van der Waals surface area contributed by atoms with E-state index in [1.54, 1.807) is 11.3 Å². The molecule has 3 aromatic rings. The normalized spacial score (nSPS) is 24.3. The molecular formula is C33H41N3O5SSi. The van der Waals surface area contributed by atoms with Crippen LogP contribution in [-0.4, -0.2) is 62.7 Å². The highest BCUT2D eigenvalue weighted by Crippen LogP contribution is 2.46. The number of anilines is 1. The van der Waals surface area contributed by atoms with Gasteiger partial charge in [-0.2, -0.15) is 0 Å². The highest BCUT2D eigenvalue weighted by molar-refractivity contribution is 7.22. The Labute approximate surface area is 258 Å². The minimum absolute atomic E-state index is 0.205. The summed E-state index contributed by atoms with van der Waals surface area (Å²) in [5.74, 6) is 5.01. The van der Waals surface area contributed by atoms with E-state index >= 15 is 0 Å². The van der Waals surface area contributed by atoms with Gasteiger partial charge in [-0.1, -0.05) is 42.1 Å². The summed E-state index contributed by atoms with van der Waals surface area (Å²) in [5, 5.41) is 5.60. The maximum Gasteiger partial charge on any atom is 0.337 e. The van der Waals surface area contributed by atoms with Gasteiger partial charge in [0.1, 0.15) is 13.8 Å². The van der Waals surface area contributed by atoms with Crippen molar-refractivity contribution in [2.75, 3.05) is 25.2 Å². The van der Waals surface area contributed by atoms with E-state index in [2.05, 4.69) is 41.2 Å². The third-order valence-corrected chi connectivity index (χ3v) is 11.1. The summed E-state index contributed by atoms with van der Waals surface area (Å²) in [5.41, 5.74) is 8.01. The first-order valence-electron chi connectivity index (χ1n) is 15.8. The summed E-state index contributed by atoms with van der Waals surface area (Å²) in [4.78, 5) is 20.2. The number of hydrogen-bond donors (Lipinski definition) is 0. The molecule has 8 nitrogen and oxygen atoms in total. The van der Waals surface area contributed by atoms with Crippen LogP contribution in [0.2, 0.25) is 19.6 Å². The molecule has 0 amide bonds. The van der Waals surface area contributed by atoms with E-state index in [-0.39, 0.29) is 12.1 Å². The predicted octanol–water partition coefficient (Wildman–Crippen LogP) is 6.79.